The lowest BCUT2D eigenvalue weighted by Crippen LogP contribution is -2.28. The first kappa shape index (κ1) is 14.9. The Morgan fingerprint density at radius 3 is 2.39 bits per heavy atom. The molecule has 0 aromatic heterocycles. The van der Waals surface area contributed by atoms with Gasteiger partial charge in [0.15, 0.2) is 9.84 Å². The van der Waals surface area contributed by atoms with Crippen LogP contribution in [-0.2, 0) is 9.84 Å². The first-order chi connectivity index (χ1) is 8.31. The molecular formula is C12H19NO4S. The van der Waals surface area contributed by atoms with Gasteiger partial charge in [-0.25, -0.2) is 8.42 Å². The second-order valence-electron chi connectivity index (χ2n) is 4.26. The molecule has 0 saturated carbocycles. The number of rotatable bonds is 5. The molecule has 0 heterocycles. The van der Waals surface area contributed by atoms with E-state index >= 15 is 0 Å². The van der Waals surface area contributed by atoms with Crippen molar-refractivity contribution < 1.29 is 18.3 Å². The van der Waals surface area contributed by atoms with E-state index in [0.717, 1.165) is 11.1 Å². The van der Waals surface area contributed by atoms with Crippen molar-refractivity contribution in [2.45, 2.75) is 24.8 Å². The predicted octanol–water partition coefficient (Wildman–Crippen LogP) is 0.405. The molecule has 5 nitrogen and oxygen atoms in total. The van der Waals surface area contributed by atoms with E-state index in [1.165, 1.54) is 7.11 Å². The van der Waals surface area contributed by atoms with Crippen LogP contribution in [0.5, 0.6) is 5.75 Å². The van der Waals surface area contributed by atoms with Gasteiger partial charge in [0.2, 0.25) is 0 Å². The maximum absolute atomic E-state index is 12.1. The molecule has 1 unspecified atom stereocenters. The van der Waals surface area contributed by atoms with Crippen LogP contribution in [0.1, 0.15) is 11.1 Å². The summed E-state index contributed by atoms with van der Waals surface area (Å²) in [5.74, 6) is -0.107. The van der Waals surface area contributed by atoms with E-state index in [9.17, 15) is 13.5 Å². The summed E-state index contributed by atoms with van der Waals surface area (Å²) < 4.78 is 29.4. The maximum Gasteiger partial charge on any atom is 0.184 e. The number of ether oxygens (including phenoxy) is 1. The average Bonchev–Trinajstić information content (AvgIpc) is 2.31. The maximum atomic E-state index is 12.1. The van der Waals surface area contributed by atoms with E-state index in [1.807, 2.05) is 13.8 Å². The van der Waals surface area contributed by atoms with Gasteiger partial charge in [-0.1, -0.05) is 0 Å². The number of sulfone groups is 1. The van der Waals surface area contributed by atoms with E-state index in [-0.39, 0.29) is 11.4 Å². The Balaban J connectivity index is 3.27. The van der Waals surface area contributed by atoms with Crippen LogP contribution < -0.4 is 10.5 Å². The van der Waals surface area contributed by atoms with E-state index in [4.69, 9.17) is 10.5 Å². The van der Waals surface area contributed by atoms with Crippen LogP contribution in [0.15, 0.2) is 17.0 Å². The molecule has 18 heavy (non-hydrogen) atoms. The molecule has 0 aliphatic rings. The fourth-order valence-electron chi connectivity index (χ4n) is 1.58. The third-order valence-electron chi connectivity index (χ3n) is 2.80. The zero-order chi connectivity index (χ0) is 13.9. The second-order valence-corrected chi connectivity index (χ2v) is 6.26. The van der Waals surface area contributed by atoms with Crippen LogP contribution in [0.25, 0.3) is 0 Å². The molecule has 1 rings (SSSR count). The van der Waals surface area contributed by atoms with Gasteiger partial charge >= 0.3 is 0 Å². The Hall–Kier alpha value is -1.11. The molecule has 1 aromatic carbocycles. The molecule has 0 spiro atoms. The van der Waals surface area contributed by atoms with Crippen molar-refractivity contribution in [3.63, 3.8) is 0 Å². The monoisotopic (exact) mass is 273 g/mol. The zero-order valence-corrected chi connectivity index (χ0v) is 11.6. The number of aliphatic hydroxyl groups excluding tert-OH is 1. The molecular weight excluding hydrogens is 254 g/mol. The highest BCUT2D eigenvalue weighted by atomic mass is 32.2. The largest absolute Gasteiger partial charge is 0.495 e. The molecule has 0 bridgehead atoms. The van der Waals surface area contributed by atoms with Crippen LogP contribution in [-0.4, -0.2) is 39.0 Å². The summed E-state index contributed by atoms with van der Waals surface area (Å²) in [4.78, 5) is 0.0978. The van der Waals surface area contributed by atoms with Crippen molar-refractivity contribution in [1.82, 2.24) is 0 Å². The van der Waals surface area contributed by atoms with E-state index in [0.29, 0.717) is 5.75 Å². The first-order valence-electron chi connectivity index (χ1n) is 5.58. The van der Waals surface area contributed by atoms with Crippen LogP contribution >= 0.6 is 0 Å². The van der Waals surface area contributed by atoms with Gasteiger partial charge in [-0.3, -0.25) is 0 Å². The van der Waals surface area contributed by atoms with Crippen molar-refractivity contribution >= 4 is 9.84 Å². The Labute approximate surface area is 107 Å². The van der Waals surface area contributed by atoms with Crippen molar-refractivity contribution in [3.8, 4) is 5.75 Å². The molecule has 1 atom stereocenters. The standard InChI is InChI=1S/C12H19NO4S/c1-8-4-11(17-3)12(5-9(8)2)18(15,16)7-10(14)6-13/h4-5,10,14H,6-7,13H2,1-3H3. The van der Waals surface area contributed by atoms with Crippen LogP contribution in [0, 0.1) is 13.8 Å². The molecule has 0 aliphatic carbocycles. The second kappa shape index (κ2) is 5.69. The number of aliphatic hydroxyl groups is 1. The minimum absolute atomic E-state index is 0.0909. The van der Waals surface area contributed by atoms with Gasteiger partial charge in [0.05, 0.1) is 19.0 Å². The van der Waals surface area contributed by atoms with Gasteiger partial charge < -0.3 is 15.6 Å². The highest BCUT2D eigenvalue weighted by molar-refractivity contribution is 7.91. The first-order valence-corrected chi connectivity index (χ1v) is 7.23. The molecule has 6 heteroatoms. The van der Waals surface area contributed by atoms with Crippen molar-refractivity contribution in [1.29, 1.82) is 0 Å². The zero-order valence-electron chi connectivity index (χ0n) is 10.8. The van der Waals surface area contributed by atoms with Gasteiger partial charge in [0, 0.05) is 6.54 Å². The molecule has 102 valence electrons. The lowest BCUT2D eigenvalue weighted by atomic mass is 10.1. The number of benzene rings is 1. The van der Waals surface area contributed by atoms with Gasteiger partial charge in [-0.05, 0) is 37.1 Å². The van der Waals surface area contributed by atoms with Gasteiger partial charge in [-0.2, -0.15) is 0 Å². The van der Waals surface area contributed by atoms with E-state index < -0.39 is 21.7 Å². The number of hydrogen-bond donors (Lipinski definition) is 2. The Morgan fingerprint density at radius 2 is 1.89 bits per heavy atom. The van der Waals surface area contributed by atoms with E-state index in [1.54, 1.807) is 12.1 Å². The van der Waals surface area contributed by atoms with Crippen molar-refractivity contribution in [2.75, 3.05) is 19.4 Å². The molecule has 0 amide bonds. The van der Waals surface area contributed by atoms with Gasteiger partial charge in [0.1, 0.15) is 10.6 Å². The molecule has 0 radical (unpaired) electrons. The van der Waals surface area contributed by atoms with E-state index in [2.05, 4.69) is 0 Å². The summed E-state index contributed by atoms with van der Waals surface area (Å²) in [6, 6.07) is 3.24. The highest BCUT2D eigenvalue weighted by Gasteiger charge is 2.23. The van der Waals surface area contributed by atoms with Crippen LogP contribution in [0.3, 0.4) is 0 Å². The lowest BCUT2D eigenvalue weighted by Gasteiger charge is -2.14. The summed E-state index contributed by atoms with van der Waals surface area (Å²) in [7, 11) is -2.19. The summed E-state index contributed by atoms with van der Waals surface area (Å²) in [6.07, 6.45) is -1.07. The van der Waals surface area contributed by atoms with Crippen molar-refractivity contribution in [3.05, 3.63) is 23.3 Å². The summed E-state index contributed by atoms with van der Waals surface area (Å²) >= 11 is 0. The Kier molecular flexibility index (Phi) is 4.72. The molecule has 3 N–H and O–H groups in total. The third kappa shape index (κ3) is 3.22. The van der Waals surface area contributed by atoms with Gasteiger partial charge in [0.25, 0.3) is 0 Å². The topological polar surface area (TPSA) is 89.6 Å². The average molecular weight is 273 g/mol. The Bertz CT molecular complexity index is 525. The third-order valence-corrected chi connectivity index (χ3v) is 4.61. The van der Waals surface area contributed by atoms with Crippen molar-refractivity contribution in [2.24, 2.45) is 5.73 Å². The Morgan fingerprint density at radius 1 is 1.33 bits per heavy atom. The van der Waals surface area contributed by atoms with Gasteiger partial charge in [-0.15, -0.1) is 0 Å². The fraction of sp³-hybridized carbons (Fsp3) is 0.500. The SMILES string of the molecule is COc1cc(C)c(C)cc1S(=O)(=O)CC(O)CN. The number of hydrogen-bond acceptors (Lipinski definition) is 5. The number of nitrogens with two attached hydrogens (primary N) is 1. The quantitative estimate of drug-likeness (QED) is 0.811. The lowest BCUT2D eigenvalue weighted by molar-refractivity contribution is 0.205. The normalized spacial score (nSPS) is 13.4. The number of aryl methyl sites for hydroxylation is 2. The summed E-state index contributed by atoms with van der Waals surface area (Å²) in [6.45, 7) is 3.61. The summed E-state index contributed by atoms with van der Waals surface area (Å²) in [5.41, 5.74) is 7.04. The predicted molar refractivity (Wildman–Crippen MR) is 69.6 cm³/mol. The fourth-order valence-corrected chi connectivity index (χ4v) is 3.20. The van der Waals surface area contributed by atoms with Crippen LogP contribution in [0.4, 0.5) is 0 Å². The summed E-state index contributed by atoms with van der Waals surface area (Å²) in [5, 5.41) is 9.40. The molecule has 0 fully saturated rings. The minimum Gasteiger partial charge on any atom is -0.495 e. The van der Waals surface area contributed by atoms with Crippen LogP contribution in [0.2, 0.25) is 0 Å². The molecule has 0 aliphatic heterocycles. The minimum atomic E-state index is -3.61. The smallest absolute Gasteiger partial charge is 0.184 e. The molecule has 1 aromatic rings. The molecule has 0 saturated heterocycles. The highest BCUT2D eigenvalue weighted by Crippen LogP contribution is 2.28. The number of methoxy groups -OCH3 is 1.